The smallest absolute Gasteiger partial charge is 0.238 e. The highest BCUT2D eigenvalue weighted by atomic mass is 79.9. The van der Waals surface area contributed by atoms with E-state index in [0.29, 0.717) is 27.5 Å². The molecule has 2 rings (SSSR count). The lowest BCUT2D eigenvalue weighted by atomic mass is 10.2. The highest BCUT2D eigenvalue weighted by molar-refractivity contribution is 9.10. The quantitative estimate of drug-likeness (QED) is 0.846. The maximum atomic E-state index is 9.30. The monoisotopic (exact) mass is 337 g/mol. The summed E-state index contributed by atoms with van der Waals surface area (Å²) in [5.74, 6) is 1.69. The predicted octanol–water partition coefficient (Wildman–Crippen LogP) is 3.35. The van der Waals surface area contributed by atoms with Crippen LogP contribution in [0.4, 0.5) is 5.82 Å². The molecule has 0 spiro atoms. The minimum Gasteiger partial charge on any atom is -0.437 e. The zero-order valence-corrected chi connectivity index (χ0v) is 12.7. The third-order valence-electron chi connectivity index (χ3n) is 2.65. The van der Waals surface area contributed by atoms with Crippen LogP contribution < -0.4 is 10.1 Å². The number of benzene rings is 1. The van der Waals surface area contributed by atoms with Crippen LogP contribution in [-0.4, -0.2) is 21.6 Å². The highest BCUT2D eigenvalue weighted by Crippen LogP contribution is 2.33. The summed E-state index contributed by atoms with van der Waals surface area (Å²) in [6, 6.07) is 7.29. The lowest BCUT2D eigenvalue weighted by Crippen LogP contribution is -2.04. The van der Waals surface area contributed by atoms with Crippen molar-refractivity contribution in [3.8, 4) is 11.6 Å². The number of para-hydroxylation sites is 1. The molecule has 0 aliphatic heterocycles. The lowest BCUT2D eigenvalue weighted by molar-refractivity contribution is 0.276. The molecule has 1 aromatic heterocycles. The molecule has 20 heavy (non-hydrogen) atoms. The average Bonchev–Trinajstić information content (AvgIpc) is 2.48. The predicted molar refractivity (Wildman–Crippen MR) is 81.0 cm³/mol. The maximum absolute atomic E-state index is 9.30. The molecule has 1 heterocycles. The lowest BCUT2D eigenvalue weighted by Gasteiger charge is -2.12. The number of halogens is 1. The fourth-order valence-corrected chi connectivity index (χ4v) is 2.06. The number of anilines is 1. The summed E-state index contributed by atoms with van der Waals surface area (Å²) in [5.41, 5.74) is 0.709. The molecule has 6 heteroatoms. The van der Waals surface area contributed by atoms with Crippen LogP contribution >= 0.6 is 15.9 Å². The van der Waals surface area contributed by atoms with Gasteiger partial charge in [0, 0.05) is 12.1 Å². The number of nitrogens with one attached hydrogen (secondary N) is 1. The molecule has 106 valence electrons. The zero-order valence-electron chi connectivity index (χ0n) is 11.1. The van der Waals surface area contributed by atoms with Crippen LogP contribution in [-0.2, 0) is 6.61 Å². The molecule has 5 nitrogen and oxygen atoms in total. The molecule has 0 bridgehead atoms. The van der Waals surface area contributed by atoms with Gasteiger partial charge < -0.3 is 15.2 Å². The van der Waals surface area contributed by atoms with Gasteiger partial charge in [0.2, 0.25) is 5.88 Å². The van der Waals surface area contributed by atoms with Crippen molar-refractivity contribution in [3.63, 3.8) is 0 Å². The molecular weight excluding hydrogens is 322 g/mol. The Balaban J connectivity index is 2.25. The van der Waals surface area contributed by atoms with E-state index in [1.807, 2.05) is 12.1 Å². The first-order chi connectivity index (χ1) is 9.76. The molecule has 0 saturated heterocycles. The first-order valence-electron chi connectivity index (χ1n) is 6.37. The summed E-state index contributed by atoms with van der Waals surface area (Å²) >= 11 is 3.44. The van der Waals surface area contributed by atoms with Crippen molar-refractivity contribution in [1.29, 1.82) is 0 Å². The van der Waals surface area contributed by atoms with Crippen LogP contribution in [0.15, 0.2) is 35.1 Å². The van der Waals surface area contributed by atoms with Gasteiger partial charge in [0.1, 0.15) is 22.4 Å². The maximum Gasteiger partial charge on any atom is 0.238 e. The third-order valence-corrected chi connectivity index (χ3v) is 3.36. The summed E-state index contributed by atoms with van der Waals surface area (Å²) in [5, 5.41) is 12.5. The van der Waals surface area contributed by atoms with Gasteiger partial charge in [0.05, 0.1) is 6.61 Å². The Kier molecular flexibility index (Phi) is 5.31. The summed E-state index contributed by atoms with van der Waals surface area (Å²) in [6.45, 7) is 2.82. The van der Waals surface area contributed by atoms with Gasteiger partial charge in [-0.2, -0.15) is 0 Å². The summed E-state index contributed by atoms with van der Waals surface area (Å²) in [6.07, 6.45) is 2.44. The minimum absolute atomic E-state index is 0.0835. The number of nitrogens with zero attached hydrogens (tertiary/aromatic N) is 2. The summed E-state index contributed by atoms with van der Waals surface area (Å²) in [7, 11) is 0. The molecule has 0 atom stereocenters. The summed E-state index contributed by atoms with van der Waals surface area (Å²) in [4.78, 5) is 8.28. The van der Waals surface area contributed by atoms with E-state index in [4.69, 9.17) is 4.74 Å². The van der Waals surface area contributed by atoms with Crippen molar-refractivity contribution in [2.75, 3.05) is 11.9 Å². The van der Waals surface area contributed by atoms with E-state index in [0.717, 1.165) is 13.0 Å². The molecule has 0 fully saturated rings. The van der Waals surface area contributed by atoms with Crippen LogP contribution in [0.1, 0.15) is 18.9 Å². The van der Waals surface area contributed by atoms with Crippen molar-refractivity contribution in [1.82, 2.24) is 9.97 Å². The van der Waals surface area contributed by atoms with Crippen LogP contribution in [0.5, 0.6) is 11.6 Å². The number of aliphatic hydroxyl groups is 1. The van der Waals surface area contributed by atoms with E-state index in [2.05, 4.69) is 38.1 Å². The molecule has 0 saturated carbocycles. The second kappa shape index (κ2) is 7.21. The third kappa shape index (κ3) is 3.46. The average molecular weight is 338 g/mol. The van der Waals surface area contributed by atoms with Gasteiger partial charge in [-0.05, 0) is 28.4 Å². The summed E-state index contributed by atoms with van der Waals surface area (Å²) < 4.78 is 6.42. The number of rotatable bonds is 6. The number of hydrogen-bond acceptors (Lipinski definition) is 5. The zero-order chi connectivity index (χ0) is 14.4. The largest absolute Gasteiger partial charge is 0.437 e. The fourth-order valence-electron chi connectivity index (χ4n) is 1.63. The minimum atomic E-state index is -0.0835. The molecular formula is C14H16BrN3O2. The van der Waals surface area contributed by atoms with Gasteiger partial charge in [-0.1, -0.05) is 25.1 Å². The van der Waals surface area contributed by atoms with Crippen molar-refractivity contribution in [3.05, 3.63) is 40.6 Å². The van der Waals surface area contributed by atoms with Crippen LogP contribution in [0.3, 0.4) is 0 Å². The molecule has 1 aromatic carbocycles. The SMILES string of the molecule is CCCNc1ncnc(Oc2ccccc2CO)c1Br. The Morgan fingerprint density at radius 1 is 1.30 bits per heavy atom. The number of ether oxygens (including phenoxy) is 1. The van der Waals surface area contributed by atoms with Gasteiger partial charge in [-0.25, -0.2) is 9.97 Å². The standard InChI is InChI=1S/C14H16BrN3O2/c1-2-7-16-13-12(15)14(18-9-17-13)20-11-6-4-3-5-10(11)8-19/h3-6,9,19H,2,7-8H2,1H3,(H,16,17,18). The Labute approximate surface area is 126 Å². The number of aromatic nitrogens is 2. The fraction of sp³-hybridized carbons (Fsp3) is 0.286. The van der Waals surface area contributed by atoms with E-state index in [9.17, 15) is 5.11 Å². The van der Waals surface area contributed by atoms with E-state index in [-0.39, 0.29) is 6.61 Å². The topological polar surface area (TPSA) is 67.3 Å². The molecule has 2 aromatic rings. The number of aliphatic hydroxyl groups excluding tert-OH is 1. The van der Waals surface area contributed by atoms with Crippen LogP contribution in [0.25, 0.3) is 0 Å². The van der Waals surface area contributed by atoms with Gasteiger partial charge in [0.15, 0.2) is 0 Å². The van der Waals surface area contributed by atoms with Crippen molar-refractivity contribution < 1.29 is 9.84 Å². The normalized spacial score (nSPS) is 10.3. The molecule has 2 N–H and O–H groups in total. The van der Waals surface area contributed by atoms with E-state index < -0.39 is 0 Å². The number of hydrogen-bond donors (Lipinski definition) is 2. The highest BCUT2D eigenvalue weighted by Gasteiger charge is 2.12. The second-order valence-electron chi connectivity index (χ2n) is 4.14. The van der Waals surface area contributed by atoms with Gasteiger partial charge in [-0.3, -0.25) is 0 Å². The second-order valence-corrected chi connectivity index (χ2v) is 4.93. The van der Waals surface area contributed by atoms with Gasteiger partial charge in [0.25, 0.3) is 0 Å². The molecule has 0 unspecified atom stereocenters. The van der Waals surface area contributed by atoms with Gasteiger partial charge >= 0.3 is 0 Å². The first-order valence-corrected chi connectivity index (χ1v) is 7.16. The Hall–Kier alpha value is -1.66. The van der Waals surface area contributed by atoms with E-state index >= 15 is 0 Å². The van der Waals surface area contributed by atoms with Crippen molar-refractivity contribution in [2.24, 2.45) is 0 Å². The molecule has 0 aliphatic carbocycles. The van der Waals surface area contributed by atoms with Crippen LogP contribution in [0, 0.1) is 0 Å². The van der Waals surface area contributed by atoms with Crippen molar-refractivity contribution >= 4 is 21.7 Å². The Morgan fingerprint density at radius 3 is 2.85 bits per heavy atom. The van der Waals surface area contributed by atoms with Crippen LogP contribution in [0.2, 0.25) is 0 Å². The molecule has 0 amide bonds. The van der Waals surface area contributed by atoms with E-state index in [1.54, 1.807) is 12.1 Å². The van der Waals surface area contributed by atoms with E-state index in [1.165, 1.54) is 6.33 Å². The molecule has 0 aliphatic rings. The van der Waals surface area contributed by atoms with Crippen molar-refractivity contribution in [2.45, 2.75) is 20.0 Å². The first kappa shape index (κ1) is 14.7. The Bertz CT molecular complexity index is 578. The van der Waals surface area contributed by atoms with Gasteiger partial charge in [-0.15, -0.1) is 0 Å². The molecule has 0 radical (unpaired) electrons. The Morgan fingerprint density at radius 2 is 2.10 bits per heavy atom.